The lowest BCUT2D eigenvalue weighted by atomic mass is 9.38. The summed E-state index contributed by atoms with van der Waals surface area (Å²) in [5.74, 6) is 0. The molecule has 0 aliphatic carbocycles. The molecular formula is C65H42BNS. The van der Waals surface area contributed by atoms with Gasteiger partial charge in [0.25, 0.3) is 0 Å². The molecule has 0 fully saturated rings. The van der Waals surface area contributed by atoms with Gasteiger partial charge in [0.2, 0.25) is 6.71 Å². The van der Waals surface area contributed by atoms with Crippen LogP contribution in [0.15, 0.2) is 255 Å². The van der Waals surface area contributed by atoms with Crippen molar-refractivity contribution in [3.63, 3.8) is 0 Å². The monoisotopic (exact) mass is 879 g/mol. The van der Waals surface area contributed by atoms with E-state index in [-0.39, 0.29) is 6.71 Å². The Labute approximate surface area is 401 Å². The van der Waals surface area contributed by atoms with Crippen molar-refractivity contribution in [1.82, 2.24) is 0 Å². The van der Waals surface area contributed by atoms with Crippen molar-refractivity contribution in [2.45, 2.75) is 5.41 Å². The topological polar surface area (TPSA) is 3.24 Å². The van der Waals surface area contributed by atoms with Gasteiger partial charge in [-0.25, -0.2) is 0 Å². The summed E-state index contributed by atoms with van der Waals surface area (Å²) in [5, 5.41) is 5.14. The molecule has 0 spiro atoms. The van der Waals surface area contributed by atoms with Crippen molar-refractivity contribution in [1.29, 1.82) is 0 Å². The Morgan fingerprint density at radius 1 is 0.382 bits per heavy atom. The van der Waals surface area contributed by atoms with Crippen LogP contribution < -0.4 is 21.3 Å². The fourth-order valence-corrected chi connectivity index (χ4v) is 13.2. The van der Waals surface area contributed by atoms with Gasteiger partial charge < -0.3 is 4.90 Å². The smallest absolute Gasteiger partial charge is 0.243 e. The van der Waals surface area contributed by atoms with Crippen molar-refractivity contribution >= 4 is 82.4 Å². The molecule has 0 saturated heterocycles. The number of nitrogens with zero attached hydrogens (tertiary/aromatic N) is 1. The van der Waals surface area contributed by atoms with Crippen LogP contribution in [0.25, 0.3) is 64.3 Å². The maximum atomic E-state index is 2.51. The first-order valence-corrected chi connectivity index (χ1v) is 24.4. The van der Waals surface area contributed by atoms with E-state index in [1.807, 2.05) is 11.3 Å². The van der Waals surface area contributed by atoms with Crippen LogP contribution in [0.4, 0.5) is 17.1 Å². The first-order chi connectivity index (χ1) is 33.8. The molecule has 316 valence electrons. The number of anilines is 3. The van der Waals surface area contributed by atoms with Crippen molar-refractivity contribution in [2.75, 3.05) is 4.90 Å². The molecule has 0 bridgehead atoms. The lowest BCUT2D eigenvalue weighted by molar-refractivity contribution is 0.731. The van der Waals surface area contributed by atoms with E-state index in [1.54, 1.807) is 0 Å². The minimum Gasteiger partial charge on any atom is -0.310 e. The highest BCUT2D eigenvalue weighted by molar-refractivity contribution is 7.26. The number of benzene rings is 11. The molecule has 2 aliphatic heterocycles. The molecule has 3 heteroatoms. The predicted octanol–water partition coefficient (Wildman–Crippen LogP) is 15.2. The first kappa shape index (κ1) is 39.0. The molecule has 0 N–H and O–H groups in total. The molecular weight excluding hydrogens is 838 g/mol. The summed E-state index contributed by atoms with van der Waals surface area (Å²) in [6.07, 6.45) is 0. The standard InChI is InChI=1S/C65H42BNS/c1-5-20-43(21-6-1)51-30-19-31-53-63-57(40-45-24-13-14-29-50(45)62(63)44-22-7-2-8-23-44)66(64(51)53)48-36-39-60-54(41-48)52-38-37-49(42-61(52)68-60)67-58-34-17-15-32-55(58)65(46-25-9-3-10-26-46,47-27-11-4-12-28-47)56-33-16-18-35-59(56)67/h1-42H. The van der Waals surface area contributed by atoms with E-state index in [9.17, 15) is 0 Å². The Morgan fingerprint density at radius 3 is 1.66 bits per heavy atom. The third-order valence-electron chi connectivity index (χ3n) is 14.8. The van der Waals surface area contributed by atoms with E-state index < -0.39 is 5.41 Å². The fourth-order valence-electron chi connectivity index (χ4n) is 12.0. The van der Waals surface area contributed by atoms with Crippen molar-refractivity contribution in [3.8, 4) is 33.4 Å². The summed E-state index contributed by atoms with van der Waals surface area (Å²) in [4.78, 5) is 2.50. The number of para-hydroxylation sites is 2. The molecule has 14 rings (SSSR count). The van der Waals surface area contributed by atoms with Crippen LogP contribution >= 0.6 is 11.3 Å². The van der Waals surface area contributed by atoms with Gasteiger partial charge in [-0.1, -0.05) is 241 Å². The summed E-state index contributed by atoms with van der Waals surface area (Å²) in [5.41, 5.74) is 19.9. The lowest BCUT2D eigenvalue weighted by Crippen LogP contribution is -2.49. The Balaban J connectivity index is 0.959. The maximum Gasteiger partial charge on any atom is 0.243 e. The summed E-state index contributed by atoms with van der Waals surface area (Å²) in [6.45, 7) is 0.0398. The molecule has 0 amide bonds. The molecule has 68 heavy (non-hydrogen) atoms. The minimum atomic E-state index is -0.504. The lowest BCUT2D eigenvalue weighted by Gasteiger charge is -2.46. The highest BCUT2D eigenvalue weighted by Crippen LogP contribution is 2.58. The molecule has 12 aromatic rings. The normalized spacial score (nSPS) is 13.4. The van der Waals surface area contributed by atoms with Gasteiger partial charge in [-0.2, -0.15) is 0 Å². The molecule has 0 saturated carbocycles. The molecule has 0 radical (unpaired) electrons. The second-order valence-corrected chi connectivity index (χ2v) is 19.3. The minimum absolute atomic E-state index is 0.0398. The average molecular weight is 880 g/mol. The SMILES string of the molecule is c1ccc(-c2cccc3c2B(c2ccc4sc5cc(N6c7ccccc7C(c7ccccc7)(c7ccccc7)c7ccccc76)ccc5c4c2)c2cc4ccccc4c(-c4ccccc4)c2-3)cc1. The first-order valence-electron chi connectivity index (χ1n) is 23.6. The van der Waals surface area contributed by atoms with Gasteiger partial charge in [0.05, 0.1) is 16.8 Å². The van der Waals surface area contributed by atoms with E-state index in [0.29, 0.717) is 0 Å². The van der Waals surface area contributed by atoms with Gasteiger partial charge in [-0.3, -0.25) is 0 Å². The predicted molar refractivity (Wildman–Crippen MR) is 291 cm³/mol. The molecule has 1 nitrogen and oxygen atoms in total. The van der Waals surface area contributed by atoms with Crippen LogP contribution in [0.3, 0.4) is 0 Å². The van der Waals surface area contributed by atoms with Crippen LogP contribution in [-0.4, -0.2) is 6.71 Å². The highest BCUT2D eigenvalue weighted by atomic mass is 32.1. The maximum absolute atomic E-state index is 2.51. The van der Waals surface area contributed by atoms with Gasteiger partial charge >= 0.3 is 0 Å². The zero-order valence-corrected chi connectivity index (χ0v) is 38.0. The van der Waals surface area contributed by atoms with Gasteiger partial charge in [0.1, 0.15) is 0 Å². The van der Waals surface area contributed by atoms with Gasteiger partial charge in [-0.15, -0.1) is 11.3 Å². The number of hydrogen-bond acceptors (Lipinski definition) is 2. The van der Waals surface area contributed by atoms with Crippen LogP contribution in [0, 0.1) is 0 Å². The summed E-state index contributed by atoms with van der Waals surface area (Å²) >= 11 is 1.89. The Hall–Kier alpha value is -8.24. The molecule has 1 aromatic heterocycles. The average Bonchev–Trinajstić information content (AvgIpc) is 3.95. The van der Waals surface area contributed by atoms with E-state index in [4.69, 9.17) is 0 Å². The third-order valence-corrected chi connectivity index (χ3v) is 15.9. The quantitative estimate of drug-likeness (QED) is 0.150. The van der Waals surface area contributed by atoms with Gasteiger partial charge in [0.15, 0.2) is 0 Å². The van der Waals surface area contributed by atoms with Crippen molar-refractivity contribution < 1.29 is 0 Å². The van der Waals surface area contributed by atoms with Crippen LogP contribution in [-0.2, 0) is 5.41 Å². The molecule has 0 unspecified atom stereocenters. The Morgan fingerprint density at radius 2 is 0.971 bits per heavy atom. The molecule has 2 aliphatic rings. The van der Waals surface area contributed by atoms with E-state index in [1.165, 1.54) is 114 Å². The number of thiophene rings is 1. The summed E-state index contributed by atoms with van der Waals surface area (Å²) in [7, 11) is 0. The summed E-state index contributed by atoms with van der Waals surface area (Å²) < 4.78 is 2.58. The number of rotatable bonds is 6. The van der Waals surface area contributed by atoms with E-state index in [2.05, 4.69) is 260 Å². The second kappa shape index (κ2) is 15.4. The van der Waals surface area contributed by atoms with Gasteiger partial charge in [0, 0.05) is 20.5 Å². The van der Waals surface area contributed by atoms with Gasteiger partial charge in [-0.05, 0) is 102 Å². The van der Waals surface area contributed by atoms with Crippen LogP contribution in [0.5, 0.6) is 0 Å². The third kappa shape index (κ3) is 5.70. The summed E-state index contributed by atoms with van der Waals surface area (Å²) in [6, 6.07) is 95.0. The highest BCUT2D eigenvalue weighted by Gasteiger charge is 2.46. The number of fused-ring (bicyclic) bond motifs is 9. The van der Waals surface area contributed by atoms with Crippen LogP contribution in [0.1, 0.15) is 22.3 Å². The van der Waals surface area contributed by atoms with Crippen LogP contribution in [0.2, 0.25) is 0 Å². The Kier molecular flexibility index (Phi) is 8.84. The van der Waals surface area contributed by atoms with Crippen molar-refractivity contribution in [3.05, 3.63) is 277 Å². The number of hydrogen-bond donors (Lipinski definition) is 0. The zero-order valence-electron chi connectivity index (χ0n) is 37.2. The Bertz CT molecular complexity index is 3830. The van der Waals surface area contributed by atoms with Crippen molar-refractivity contribution in [2.24, 2.45) is 0 Å². The molecule has 11 aromatic carbocycles. The van der Waals surface area contributed by atoms with E-state index >= 15 is 0 Å². The largest absolute Gasteiger partial charge is 0.310 e. The second-order valence-electron chi connectivity index (χ2n) is 18.3. The fraction of sp³-hybridized carbons (Fsp3) is 0.0154. The zero-order chi connectivity index (χ0) is 44.8. The van der Waals surface area contributed by atoms with E-state index in [0.717, 1.165) is 5.69 Å². The molecule has 0 atom stereocenters. The molecule has 3 heterocycles.